The number of aliphatic hydroxyl groups excluding tert-OH is 1. The van der Waals surface area contributed by atoms with Crippen LogP contribution in [0.5, 0.6) is 0 Å². The molecule has 0 radical (unpaired) electrons. The summed E-state index contributed by atoms with van der Waals surface area (Å²) in [5.41, 5.74) is 4.56. The molecule has 0 aliphatic carbocycles. The standard InChI is InChI=1S/C3H8N2O3/c4-2(1-6)3(7)5-8/h2,6,8H,1,4H2,(H,5,7)/p+1. The molecule has 5 nitrogen and oxygen atoms in total. The quantitative estimate of drug-likeness (QED) is 0.233. The van der Waals surface area contributed by atoms with E-state index in [1.54, 1.807) is 0 Å². The van der Waals surface area contributed by atoms with Crippen LogP contribution < -0.4 is 11.2 Å². The molecule has 8 heavy (non-hydrogen) atoms. The van der Waals surface area contributed by atoms with Crippen molar-refractivity contribution in [2.24, 2.45) is 0 Å². The van der Waals surface area contributed by atoms with Crippen LogP contribution in [0.25, 0.3) is 0 Å². The number of amides is 1. The fraction of sp³-hybridized carbons (Fsp3) is 0.667. The SMILES string of the molecule is [NH3+]C(CO)C(=O)NO. The first kappa shape index (κ1) is 7.35. The van der Waals surface area contributed by atoms with Crippen molar-refractivity contribution >= 4 is 5.91 Å². The number of carbonyl (C=O) groups is 1. The zero-order valence-electron chi connectivity index (χ0n) is 4.29. The highest BCUT2D eigenvalue weighted by molar-refractivity contribution is 5.78. The van der Waals surface area contributed by atoms with E-state index < -0.39 is 11.9 Å². The predicted molar refractivity (Wildman–Crippen MR) is 23.7 cm³/mol. The van der Waals surface area contributed by atoms with Gasteiger partial charge in [-0.25, -0.2) is 5.48 Å². The van der Waals surface area contributed by atoms with Crippen LogP contribution in [0.4, 0.5) is 0 Å². The lowest BCUT2D eigenvalue weighted by molar-refractivity contribution is -0.410. The van der Waals surface area contributed by atoms with Crippen molar-refractivity contribution in [1.82, 2.24) is 5.48 Å². The molecule has 0 aromatic rings. The first-order valence-electron chi connectivity index (χ1n) is 2.10. The van der Waals surface area contributed by atoms with Gasteiger partial charge in [0.2, 0.25) is 0 Å². The zero-order chi connectivity index (χ0) is 6.57. The Hall–Kier alpha value is -0.650. The van der Waals surface area contributed by atoms with Crippen LogP contribution >= 0.6 is 0 Å². The zero-order valence-corrected chi connectivity index (χ0v) is 4.29. The van der Waals surface area contributed by atoms with E-state index >= 15 is 0 Å². The molecule has 0 saturated heterocycles. The van der Waals surface area contributed by atoms with Crippen LogP contribution in [-0.4, -0.2) is 28.9 Å². The second-order valence-corrected chi connectivity index (χ2v) is 1.36. The highest BCUT2D eigenvalue weighted by Crippen LogP contribution is 1.68. The number of aliphatic hydroxyl groups is 1. The summed E-state index contributed by atoms with van der Waals surface area (Å²) in [5, 5.41) is 16.1. The molecule has 0 aromatic carbocycles. The molecular formula is C3H9N2O3+. The van der Waals surface area contributed by atoms with Gasteiger partial charge < -0.3 is 10.8 Å². The molecule has 1 amide bonds. The highest BCUT2D eigenvalue weighted by atomic mass is 16.5. The molecule has 0 saturated carbocycles. The molecule has 0 aliphatic heterocycles. The molecule has 0 fully saturated rings. The minimum atomic E-state index is -0.778. The van der Waals surface area contributed by atoms with Crippen LogP contribution in [0.3, 0.4) is 0 Å². The van der Waals surface area contributed by atoms with Crippen LogP contribution in [0, 0.1) is 0 Å². The Morgan fingerprint density at radius 2 is 2.38 bits per heavy atom. The second kappa shape index (κ2) is 3.36. The molecular weight excluding hydrogens is 112 g/mol. The molecule has 1 atom stereocenters. The lowest BCUT2D eigenvalue weighted by Crippen LogP contribution is -2.69. The number of nitrogens with one attached hydrogen (secondary N) is 1. The molecule has 0 aliphatic rings. The number of hydroxylamine groups is 1. The van der Waals surface area contributed by atoms with Gasteiger partial charge >= 0.3 is 5.91 Å². The third-order valence-electron chi connectivity index (χ3n) is 0.701. The summed E-state index contributed by atoms with van der Waals surface area (Å²) >= 11 is 0. The Kier molecular flexibility index (Phi) is 3.09. The normalized spacial score (nSPS) is 12.9. The lowest BCUT2D eigenvalue weighted by atomic mass is 10.3. The summed E-state index contributed by atoms with van der Waals surface area (Å²) in [6, 6.07) is -0.778. The molecule has 0 bridgehead atoms. The monoisotopic (exact) mass is 121 g/mol. The van der Waals surface area contributed by atoms with Crippen LogP contribution in [0.2, 0.25) is 0 Å². The minimum Gasteiger partial charge on any atom is -0.390 e. The van der Waals surface area contributed by atoms with E-state index in [9.17, 15) is 4.79 Å². The van der Waals surface area contributed by atoms with E-state index in [0.29, 0.717) is 0 Å². The number of rotatable bonds is 2. The maximum Gasteiger partial charge on any atom is 0.303 e. The summed E-state index contributed by atoms with van der Waals surface area (Å²) in [7, 11) is 0. The number of hydrogen-bond donors (Lipinski definition) is 4. The summed E-state index contributed by atoms with van der Waals surface area (Å²) in [6.07, 6.45) is 0. The van der Waals surface area contributed by atoms with Crippen molar-refractivity contribution in [3.05, 3.63) is 0 Å². The number of hydrogen-bond acceptors (Lipinski definition) is 3. The topological polar surface area (TPSA) is 97.2 Å². The van der Waals surface area contributed by atoms with E-state index in [1.807, 2.05) is 0 Å². The number of carbonyl (C=O) groups excluding carboxylic acids is 1. The fourth-order valence-electron chi connectivity index (χ4n) is 0.174. The molecule has 0 heterocycles. The Balaban J connectivity index is 3.46. The van der Waals surface area contributed by atoms with E-state index in [4.69, 9.17) is 10.3 Å². The van der Waals surface area contributed by atoms with Gasteiger partial charge in [0.15, 0.2) is 6.04 Å². The van der Waals surface area contributed by atoms with Crippen molar-refractivity contribution < 1.29 is 20.8 Å². The molecule has 48 valence electrons. The third kappa shape index (κ3) is 1.87. The first-order valence-corrected chi connectivity index (χ1v) is 2.10. The number of quaternary nitrogens is 1. The second-order valence-electron chi connectivity index (χ2n) is 1.36. The summed E-state index contributed by atoms with van der Waals surface area (Å²) < 4.78 is 0. The van der Waals surface area contributed by atoms with E-state index in [1.165, 1.54) is 5.48 Å². The van der Waals surface area contributed by atoms with E-state index in [0.717, 1.165) is 0 Å². The van der Waals surface area contributed by atoms with Crippen molar-refractivity contribution in [3.63, 3.8) is 0 Å². The Labute approximate surface area is 46.1 Å². The summed E-state index contributed by atoms with van der Waals surface area (Å²) in [6.45, 7) is -0.355. The first-order chi connectivity index (χ1) is 3.72. The average Bonchev–Trinajstić information content (AvgIpc) is 1.84. The van der Waals surface area contributed by atoms with Crippen molar-refractivity contribution in [2.45, 2.75) is 6.04 Å². The van der Waals surface area contributed by atoms with Gasteiger partial charge in [0.1, 0.15) is 6.61 Å². The predicted octanol–water partition coefficient (Wildman–Crippen LogP) is -2.91. The highest BCUT2D eigenvalue weighted by Gasteiger charge is 2.13. The molecule has 1 unspecified atom stereocenters. The molecule has 0 aromatic heterocycles. The fourth-order valence-corrected chi connectivity index (χ4v) is 0.174. The molecule has 5 heteroatoms. The lowest BCUT2D eigenvalue weighted by Gasteiger charge is -1.98. The van der Waals surface area contributed by atoms with E-state index in [2.05, 4.69) is 5.73 Å². The van der Waals surface area contributed by atoms with Crippen molar-refractivity contribution in [1.29, 1.82) is 0 Å². The van der Waals surface area contributed by atoms with Gasteiger partial charge in [0.25, 0.3) is 0 Å². The van der Waals surface area contributed by atoms with Gasteiger partial charge in [0.05, 0.1) is 0 Å². The van der Waals surface area contributed by atoms with Gasteiger partial charge in [0, 0.05) is 0 Å². The smallest absolute Gasteiger partial charge is 0.303 e. The van der Waals surface area contributed by atoms with Crippen LogP contribution in [-0.2, 0) is 4.79 Å². The van der Waals surface area contributed by atoms with Gasteiger partial charge in [-0.2, -0.15) is 0 Å². The largest absolute Gasteiger partial charge is 0.390 e. The summed E-state index contributed by atoms with van der Waals surface area (Å²) in [5.74, 6) is -0.674. The van der Waals surface area contributed by atoms with Crippen molar-refractivity contribution in [3.8, 4) is 0 Å². The van der Waals surface area contributed by atoms with Gasteiger partial charge in [-0.05, 0) is 0 Å². The van der Waals surface area contributed by atoms with Crippen LogP contribution in [0.15, 0.2) is 0 Å². The maximum atomic E-state index is 10.2. The Morgan fingerprint density at radius 3 is 2.50 bits per heavy atom. The van der Waals surface area contributed by atoms with Crippen LogP contribution in [0.1, 0.15) is 0 Å². The molecule has 0 rings (SSSR count). The minimum absolute atomic E-state index is 0.355. The Morgan fingerprint density at radius 1 is 1.88 bits per heavy atom. The molecule has 0 spiro atoms. The average molecular weight is 121 g/mol. The summed E-state index contributed by atoms with van der Waals surface area (Å²) in [4.78, 5) is 10.2. The van der Waals surface area contributed by atoms with Gasteiger partial charge in [-0.3, -0.25) is 10.0 Å². The third-order valence-corrected chi connectivity index (χ3v) is 0.701. The van der Waals surface area contributed by atoms with Crippen molar-refractivity contribution in [2.75, 3.05) is 6.61 Å². The van der Waals surface area contributed by atoms with Gasteiger partial charge in [-0.15, -0.1) is 0 Å². The van der Waals surface area contributed by atoms with Gasteiger partial charge in [-0.1, -0.05) is 0 Å². The Bertz CT molecular complexity index is 84.6. The molecule has 6 N–H and O–H groups in total. The maximum absolute atomic E-state index is 10.2. The van der Waals surface area contributed by atoms with E-state index in [-0.39, 0.29) is 6.61 Å².